The maximum absolute atomic E-state index is 11.4. The summed E-state index contributed by atoms with van der Waals surface area (Å²) in [4.78, 5) is 16.6. The maximum Gasteiger partial charge on any atom is 0.179 e. The van der Waals surface area contributed by atoms with Crippen molar-refractivity contribution in [3.63, 3.8) is 0 Å². The number of benzene rings is 1. The molecule has 4 heteroatoms. The zero-order chi connectivity index (χ0) is 11.7. The van der Waals surface area contributed by atoms with Crippen LogP contribution in [0.5, 0.6) is 0 Å². The van der Waals surface area contributed by atoms with E-state index >= 15 is 0 Å². The van der Waals surface area contributed by atoms with E-state index in [0.29, 0.717) is 10.7 Å². The van der Waals surface area contributed by atoms with Crippen LogP contribution in [-0.4, -0.2) is 10.8 Å². The van der Waals surface area contributed by atoms with Gasteiger partial charge in [0.05, 0.1) is 9.88 Å². The lowest BCUT2D eigenvalue weighted by molar-refractivity contribution is 0.101. The monoisotopic (exact) mass is 251 g/mol. The summed E-state index contributed by atoms with van der Waals surface area (Å²) in [6.45, 7) is 3.43. The number of halogens is 1. The quantitative estimate of drug-likeness (QED) is 0.756. The minimum Gasteiger partial charge on any atom is -0.293 e. The Kier molecular flexibility index (Phi) is 3.08. The molecule has 0 spiro atoms. The van der Waals surface area contributed by atoms with Gasteiger partial charge in [-0.2, -0.15) is 0 Å². The molecule has 1 heterocycles. The Bertz CT molecular complexity index is 530. The second kappa shape index (κ2) is 4.36. The van der Waals surface area contributed by atoms with Crippen molar-refractivity contribution in [3.05, 3.63) is 40.0 Å². The lowest BCUT2D eigenvalue weighted by atomic mass is 10.1. The molecule has 0 bridgehead atoms. The number of ketones is 1. The Morgan fingerprint density at radius 2 is 1.94 bits per heavy atom. The van der Waals surface area contributed by atoms with E-state index < -0.39 is 0 Å². The molecule has 2 aromatic rings. The van der Waals surface area contributed by atoms with Crippen LogP contribution in [0.4, 0.5) is 0 Å². The number of hydrogen-bond donors (Lipinski definition) is 0. The van der Waals surface area contributed by atoms with Crippen LogP contribution in [0.3, 0.4) is 0 Å². The predicted molar refractivity (Wildman–Crippen MR) is 67.3 cm³/mol. The molecule has 0 radical (unpaired) electrons. The standard InChI is InChI=1S/C12H10ClNOS/c1-7(15)11-12(16-8(2)14-11)9-3-5-10(13)6-4-9/h3-6H,1-2H3. The van der Waals surface area contributed by atoms with Gasteiger partial charge in [-0.25, -0.2) is 4.98 Å². The average Bonchev–Trinajstić information content (AvgIpc) is 2.61. The number of nitrogens with zero attached hydrogens (tertiary/aromatic N) is 1. The van der Waals surface area contributed by atoms with Crippen molar-refractivity contribution >= 4 is 28.7 Å². The molecular weight excluding hydrogens is 242 g/mol. The Balaban J connectivity index is 2.55. The summed E-state index contributed by atoms with van der Waals surface area (Å²) >= 11 is 7.35. The Labute approximate surface area is 103 Å². The lowest BCUT2D eigenvalue weighted by Gasteiger charge is -1.99. The number of carbonyl (C=O) groups is 1. The number of hydrogen-bond acceptors (Lipinski definition) is 3. The van der Waals surface area contributed by atoms with Gasteiger partial charge in [0.15, 0.2) is 5.78 Å². The lowest BCUT2D eigenvalue weighted by Crippen LogP contribution is -1.94. The van der Waals surface area contributed by atoms with Gasteiger partial charge in [-0.1, -0.05) is 23.7 Å². The van der Waals surface area contributed by atoms with Crippen molar-refractivity contribution in [2.75, 3.05) is 0 Å². The number of Topliss-reactive ketones (excluding diaryl/α,β-unsaturated/α-hetero) is 1. The Morgan fingerprint density at radius 3 is 2.50 bits per heavy atom. The SMILES string of the molecule is CC(=O)c1nc(C)sc1-c1ccc(Cl)cc1. The maximum atomic E-state index is 11.4. The van der Waals surface area contributed by atoms with E-state index in [2.05, 4.69) is 4.98 Å². The van der Waals surface area contributed by atoms with Crippen molar-refractivity contribution in [1.82, 2.24) is 4.98 Å². The predicted octanol–water partition coefficient (Wildman–Crippen LogP) is 3.97. The normalized spacial score (nSPS) is 10.4. The third-order valence-electron chi connectivity index (χ3n) is 2.17. The minimum absolute atomic E-state index is 0.00528. The number of thiazole rings is 1. The highest BCUT2D eigenvalue weighted by Crippen LogP contribution is 2.31. The molecule has 0 saturated carbocycles. The molecule has 1 aromatic heterocycles. The van der Waals surface area contributed by atoms with Crippen molar-refractivity contribution in [1.29, 1.82) is 0 Å². The summed E-state index contributed by atoms with van der Waals surface area (Å²) in [6.07, 6.45) is 0. The highest BCUT2D eigenvalue weighted by molar-refractivity contribution is 7.15. The summed E-state index contributed by atoms with van der Waals surface area (Å²) in [5.41, 5.74) is 1.53. The van der Waals surface area contributed by atoms with E-state index in [9.17, 15) is 4.79 Å². The van der Waals surface area contributed by atoms with Crippen molar-refractivity contribution in [2.24, 2.45) is 0 Å². The first-order valence-corrected chi connectivity index (χ1v) is 6.01. The van der Waals surface area contributed by atoms with Crippen LogP contribution < -0.4 is 0 Å². The van der Waals surface area contributed by atoms with E-state index in [1.54, 1.807) is 0 Å². The van der Waals surface area contributed by atoms with Gasteiger partial charge in [0.2, 0.25) is 0 Å². The number of aromatic nitrogens is 1. The van der Waals surface area contributed by atoms with Crippen molar-refractivity contribution in [2.45, 2.75) is 13.8 Å². The van der Waals surface area contributed by atoms with Gasteiger partial charge in [-0.3, -0.25) is 4.79 Å². The summed E-state index contributed by atoms with van der Waals surface area (Å²) in [5, 5.41) is 1.59. The van der Waals surface area contributed by atoms with Crippen molar-refractivity contribution < 1.29 is 4.79 Å². The van der Waals surface area contributed by atoms with Gasteiger partial charge in [0.1, 0.15) is 5.69 Å². The molecular formula is C12H10ClNOS. The van der Waals surface area contributed by atoms with Gasteiger partial charge in [0, 0.05) is 11.9 Å². The fourth-order valence-electron chi connectivity index (χ4n) is 1.46. The zero-order valence-corrected chi connectivity index (χ0v) is 10.5. The molecule has 0 aliphatic heterocycles. The molecule has 1 aromatic carbocycles. The molecule has 82 valence electrons. The van der Waals surface area contributed by atoms with E-state index in [-0.39, 0.29) is 5.78 Å². The van der Waals surface area contributed by atoms with Crippen molar-refractivity contribution in [3.8, 4) is 10.4 Å². The highest BCUT2D eigenvalue weighted by atomic mass is 35.5. The van der Waals surface area contributed by atoms with Gasteiger partial charge < -0.3 is 0 Å². The van der Waals surface area contributed by atoms with E-state index in [0.717, 1.165) is 15.4 Å². The number of rotatable bonds is 2. The summed E-state index contributed by atoms with van der Waals surface area (Å²) in [6, 6.07) is 7.44. The smallest absolute Gasteiger partial charge is 0.179 e. The van der Waals surface area contributed by atoms with E-state index in [1.807, 2.05) is 31.2 Å². The van der Waals surface area contributed by atoms with Crippen LogP contribution >= 0.6 is 22.9 Å². The molecule has 0 unspecified atom stereocenters. The van der Waals surface area contributed by atoms with Crippen LogP contribution in [0.25, 0.3) is 10.4 Å². The van der Waals surface area contributed by atoms with Crippen LogP contribution in [0.2, 0.25) is 5.02 Å². The highest BCUT2D eigenvalue weighted by Gasteiger charge is 2.14. The summed E-state index contributed by atoms with van der Waals surface area (Å²) in [5.74, 6) is -0.00528. The molecule has 0 atom stereocenters. The zero-order valence-electron chi connectivity index (χ0n) is 8.95. The fourth-order valence-corrected chi connectivity index (χ4v) is 2.56. The van der Waals surface area contributed by atoms with Gasteiger partial charge >= 0.3 is 0 Å². The molecule has 0 N–H and O–H groups in total. The van der Waals surface area contributed by atoms with Crippen LogP contribution in [0.15, 0.2) is 24.3 Å². The van der Waals surface area contributed by atoms with Crippen LogP contribution in [0.1, 0.15) is 22.4 Å². The molecule has 0 fully saturated rings. The van der Waals surface area contributed by atoms with Crippen LogP contribution in [0, 0.1) is 6.92 Å². The summed E-state index contributed by atoms with van der Waals surface area (Å²) < 4.78 is 0. The third-order valence-corrected chi connectivity index (χ3v) is 3.45. The third kappa shape index (κ3) is 2.15. The molecule has 0 amide bonds. The van der Waals surface area contributed by atoms with Crippen LogP contribution in [-0.2, 0) is 0 Å². The first-order chi connectivity index (χ1) is 7.58. The number of aryl methyl sites for hydroxylation is 1. The minimum atomic E-state index is -0.00528. The largest absolute Gasteiger partial charge is 0.293 e. The molecule has 0 aliphatic rings. The second-order valence-corrected chi connectivity index (χ2v) is 5.11. The second-order valence-electron chi connectivity index (χ2n) is 3.47. The number of carbonyl (C=O) groups excluding carboxylic acids is 1. The molecule has 0 aliphatic carbocycles. The van der Waals surface area contributed by atoms with E-state index in [1.165, 1.54) is 18.3 Å². The average molecular weight is 252 g/mol. The van der Waals surface area contributed by atoms with Gasteiger partial charge in [0.25, 0.3) is 0 Å². The Hall–Kier alpha value is -1.19. The molecule has 2 rings (SSSR count). The topological polar surface area (TPSA) is 30.0 Å². The van der Waals surface area contributed by atoms with Gasteiger partial charge in [-0.05, 0) is 24.6 Å². The first-order valence-electron chi connectivity index (χ1n) is 4.82. The van der Waals surface area contributed by atoms with E-state index in [4.69, 9.17) is 11.6 Å². The first kappa shape index (κ1) is 11.3. The molecule has 16 heavy (non-hydrogen) atoms. The molecule has 0 saturated heterocycles. The summed E-state index contributed by atoms with van der Waals surface area (Å²) in [7, 11) is 0. The fraction of sp³-hybridized carbons (Fsp3) is 0.167. The van der Waals surface area contributed by atoms with Gasteiger partial charge in [-0.15, -0.1) is 11.3 Å². The Morgan fingerprint density at radius 1 is 1.31 bits per heavy atom. The molecule has 2 nitrogen and oxygen atoms in total.